The van der Waals surface area contributed by atoms with Crippen molar-refractivity contribution in [1.29, 1.82) is 0 Å². The number of hydrogen-bond acceptors (Lipinski definition) is 4. The molecule has 6 heteroatoms. The SMILES string of the molecule is CC(=O)N1CCCN(c2nc(C)ncc2Cl)CC1. The van der Waals surface area contributed by atoms with Gasteiger partial charge in [0.05, 0.1) is 6.20 Å². The second-order valence-corrected chi connectivity index (χ2v) is 4.84. The van der Waals surface area contributed by atoms with Crippen LogP contribution in [0.25, 0.3) is 0 Å². The third-order valence-electron chi connectivity index (χ3n) is 3.09. The molecule has 0 bridgehead atoms. The van der Waals surface area contributed by atoms with Crippen LogP contribution in [0.1, 0.15) is 19.2 Å². The van der Waals surface area contributed by atoms with Crippen molar-refractivity contribution in [1.82, 2.24) is 14.9 Å². The normalized spacial score (nSPS) is 16.6. The van der Waals surface area contributed by atoms with Gasteiger partial charge in [-0.2, -0.15) is 0 Å². The molecule has 5 nitrogen and oxygen atoms in total. The van der Waals surface area contributed by atoms with Crippen LogP contribution < -0.4 is 4.90 Å². The Bertz CT molecular complexity index is 452. The topological polar surface area (TPSA) is 49.3 Å². The van der Waals surface area contributed by atoms with Gasteiger partial charge < -0.3 is 9.80 Å². The van der Waals surface area contributed by atoms with E-state index in [1.165, 1.54) is 0 Å². The van der Waals surface area contributed by atoms with Gasteiger partial charge in [0.15, 0.2) is 5.82 Å². The fourth-order valence-electron chi connectivity index (χ4n) is 2.11. The molecular weight excluding hydrogens is 252 g/mol. The number of halogens is 1. The van der Waals surface area contributed by atoms with Gasteiger partial charge >= 0.3 is 0 Å². The van der Waals surface area contributed by atoms with E-state index < -0.39 is 0 Å². The van der Waals surface area contributed by atoms with Gasteiger partial charge in [0.25, 0.3) is 0 Å². The summed E-state index contributed by atoms with van der Waals surface area (Å²) < 4.78 is 0. The highest BCUT2D eigenvalue weighted by molar-refractivity contribution is 6.32. The summed E-state index contributed by atoms with van der Waals surface area (Å²) in [6.45, 7) is 6.59. The number of amides is 1. The third kappa shape index (κ3) is 2.90. The first-order valence-corrected chi connectivity index (χ1v) is 6.45. The van der Waals surface area contributed by atoms with Crippen LogP contribution >= 0.6 is 11.6 Å². The second-order valence-electron chi connectivity index (χ2n) is 4.44. The number of carbonyl (C=O) groups is 1. The largest absolute Gasteiger partial charge is 0.353 e. The Kier molecular flexibility index (Phi) is 4.01. The minimum atomic E-state index is 0.127. The van der Waals surface area contributed by atoms with E-state index in [2.05, 4.69) is 14.9 Å². The molecule has 1 aliphatic heterocycles. The molecule has 0 saturated carbocycles. The summed E-state index contributed by atoms with van der Waals surface area (Å²) >= 11 is 6.13. The van der Waals surface area contributed by atoms with Crippen LogP contribution in [0.15, 0.2) is 6.20 Å². The van der Waals surface area contributed by atoms with Crippen LogP contribution in [0.5, 0.6) is 0 Å². The first-order valence-electron chi connectivity index (χ1n) is 6.07. The zero-order chi connectivity index (χ0) is 13.1. The molecule has 0 N–H and O–H groups in total. The molecule has 0 aliphatic carbocycles. The number of nitrogens with zero attached hydrogens (tertiary/aromatic N) is 4. The molecule has 0 spiro atoms. The van der Waals surface area contributed by atoms with Crippen molar-refractivity contribution in [2.45, 2.75) is 20.3 Å². The Morgan fingerprint density at radius 3 is 2.83 bits per heavy atom. The Morgan fingerprint density at radius 2 is 2.11 bits per heavy atom. The van der Waals surface area contributed by atoms with Gasteiger partial charge in [-0.05, 0) is 13.3 Å². The summed E-state index contributed by atoms with van der Waals surface area (Å²) in [5.74, 6) is 1.61. The molecule has 0 atom stereocenters. The Morgan fingerprint density at radius 1 is 1.33 bits per heavy atom. The molecule has 0 aromatic carbocycles. The van der Waals surface area contributed by atoms with Crippen molar-refractivity contribution in [2.75, 3.05) is 31.1 Å². The van der Waals surface area contributed by atoms with Gasteiger partial charge in [-0.15, -0.1) is 0 Å². The van der Waals surface area contributed by atoms with E-state index in [0.717, 1.165) is 31.9 Å². The van der Waals surface area contributed by atoms with Crippen molar-refractivity contribution in [3.63, 3.8) is 0 Å². The maximum Gasteiger partial charge on any atom is 0.219 e. The molecule has 1 aromatic heterocycles. The molecule has 0 radical (unpaired) electrons. The number of carbonyl (C=O) groups excluding carboxylic acids is 1. The second kappa shape index (κ2) is 5.52. The number of hydrogen-bond donors (Lipinski definition) is 0. The van der Waals surface area contributed by atoms with Crippen LogP contribution in [0.2, 0.25) is 5.02 Å². The molecule has 2 rings (SSSR count). The summed E-state index contributed by atoms with van der Waals surface area (Å²) in [5, 5.41) is 0.567. The van der Waals surface area contributed by atoms with Gasteiger partial charge in [-0.25, -0.2) is 9.97 Å². The number of aryl methyl sites for hydroxylation is 1. The van der Waals surface area contributed by atoms with E-state index in [0.29, 0.717) is 17.4 Å². The van der Waals surface area contributed by atoms with E-state index in [1.807, 2.05) is 11.8 Å². The lowest BCUT2D eigenvalue weighted by atomic mass is 10.3. The zero-order valence-corrected chi connectivity index (χ0v) is 11.4. The summed E-state index contributed by atoms with van der Waals surface area (Å²) in [5.41, 5.74) is 0. The van der Waals surface area contributed by atoms with Crippen molar-refractivity contribution in [3.05, 3.63) is 17.0 Å². The van der Waals surface area contributed by atoms with Crippen LogP contribution in [0.4, 0.5) is 5.82 Å². The van der Waals surface area contributed by atoms with Crippen molar-refractivity contribution in [3.8, 4) is 0 Å². The van der Waals surface area contributed by atoms with Gasteiger partial charge in [-0.1, -0.05) is 11.6 Å². The van der Waals surface area contributed by atoms with E-state index in [4.69, 9.17) is 11.6 Å². The molecule has 98 valence electrons. The van der Waals surface area contributed by atoms with Gasteiger partial charge in [0.1, 0.15) is 10.8 Å². The number of aromatic nitrogens is 2. The first-order chi connectivity index (χ1) is 8.58. The maximum atomic E-state index is 11.4. The molecule has 18 heavy (non-hydrogen) atoms. The predicted octanol–water partition coefficient (Wildman–Crippen LogP) is 1.50. The van der Waals surface area contributed by atoms with E-state index in [-0.39, 0.29) is 5.91 Å². The van der Waals surface area contributed by atoms with Gasteiger partial charge in [0, 0.05) is 33.1 Å². The predicted molar refractivity (Wildman–Crippen MR) is 70.9 cm³/mol. The van der Waals surface area contributed by atoms with Gasteiger partial charge in [0.2, 0.25) is 5.91 Å². The highest BCUT2D eigenvalue weighted by Gasteiger charge is 2.19. The number of anilines is 1. The minimum Gasteiger partial charge on any atom is -0.353 e. The average molecular weight is 269 g/mol. The Labute approximate surface area is 112 Å². The van der Waals surface area contributed by atoms with Crippen molar-refractivity contribution in [2.24, 2.45) is 0 Å². The molecular formula is C12H17ClN4O. The molecule has 1 aliphatic rings. The lowest BCUT2D eigenvalue weighted by Crippen LogP contribution is -2.34. The van der Waals surface area contributed by atoms with Crippen LogP contribution in [-0.2, 0) is 4.79 Å². The summed E-state index contributed by atoms with van der Waals surface area (Å²) in [6.07, 6.45) is 2.56. The first kappa shape index (κ1) is 13.1. The van der Waals surface area contributed by atoms with Crippen LogP contribution in [0, 0.1) is 6.92 Å². The Balaban J connectivity index is 2.14. The summed E-state index contributed by atoms with van der Waals surface area (Å²) in [7, 11) is 0. The quantitative estimate of drug-likeness (QED) is 0.774. The summed E-state index contributed by atoms with van der Waals surface area (Å²) in [4.78, 5) is 23.8. The smallest absolute Gasteiger partial charge is 0.219 e. The zero-order valence-electron chi connectivity index (χ0n) is 10.7. The van der Waals surface area contributed by atoms with E-state index >= 15 is 0 Å². The molecule has 1 fully saturated rings. The molecule has 1 amide bonds. The van der Waals surface area contributed by atoms with E-state index in [9.17, 15) is 4.79 Å². The lowest BCUT2D eigenvalue weighted by Gasteiger charge is -2.23. The average Bonchev–Trinajstić information content (AvgIpc) is 2.58. The van der Waals surface area contributed by atoms with Crippen LogP contribution in [0.3, 0.4) is 0 Å². The molecule has 1 saturated heterocycles. The monoisotopic (exact) mass is 268 g/mol. The highest BCUT2D eigenvalue weighted by Crippen LogP contribution is 2.23. The van der Waals surface area contributed by atoms with Gasteiger partial charge in [-0.3, -0.25) is 4.79 Å². The Hall–Kier alpha value is -1.36. The third-order valence-corrected chi connectivity index (χ3v) is 3.35. The highest BCUT2D eigenvalue weighted by atomic mass is 35.5. The summed E-state index contributed by atoms with van der Waals surface area (Å²) in [6, 6.07) is 0. The van der Waals surface area contributed by atoms with Crippen molar-refractivity contribution >= 4 is 23.3 Å². The fraction of sp³-hybridized carbons (Fsp3) is 0.583. The standard InChI is InChI=1S/C12H17ClN4O/c1-9-14-8-11(13)12(15-9)17-5-3-4-16(6-7-17)10(2)18/h8H,3-7H2,1-2H3. The molecule has 1 aromatic rings. The number of rotatable bonds is 1. The van der Waals surface area contributed by atoms with Crippen molar-refractivity contribution < 1.29 is 4.79 Å². The maximum absolute atomic E-state index is 11.4. The lowest BCUT2D eigenvalue weighted by molar-refractivity contribution is -0.128. The fourth-order valence-corrected chi connectivity index (χ4v) is 2.32. The van der Waals surface area contributed by atoms with Crippen LogP contribution in [-0.4, -0.2) is 47.0 Å². The minimum absolute atomic E-state index is 0.127. The molecule has 0 unspecified atom stereocenters. The molecule has 2 heterocycles. The van der Waals surface area contributed by atoms with E-state index in [1.54, 1.807) is 13.1 Å².